The third-order valence-electron chi connectivity index (χ3n) is 4.34. The van der Waals surface area contributed by atoms with Crippen molar-refractivity contribution in [2.45, 2.75) is 38.1 Å². The molecule has 2 aromatic carbocycles. The van der Waals surface area contributed by atoms with Gasteiger partial charge in [0.05, 0.1) is 0 Å². The summed E-state index contributed by atoms with van der Waals surface area (Å²) < 4.78 is 0. The quantitative estimate of drug-likeness (QED) is 0.824. The van der Waals surface area contributed by atoms with E-state index in [-0.39, 0.29) is 6.04 Å². The molecule has 0 heterocycles. The average Bonchev–Trinajstić information content (AvgIpc) is 2.47. The van der Waals surface area contributed by atoms with Crippen LogP contribution in [0.3, 0.4) is 0 Å². The second-order valence-corrected chi connectivity index (χ2v) is 5.49. The van der Waals surface area contributed by atoms with Crippen molar-refractivity contribution in [3.8, 4) is 0 Å². The van der Waals surface area contributed by atoms with E-state index in [2.05, 4.69) is 42.5 Å². The number of fused-ring (bicyclic) bond motifs is 1. The van der Waals surface area contributed by atoms with Crippen LogP contribution in [-0.4, -0.2) is 0 Å². The highest BCUT2D eigenvalue weighted by Gasteiger charge is 2.22. The molecule has 1 atom stereocenters. The van der Waals surface area contributed by atoms with Crippen molar-refractivity contribution in [1.29, 1.82) is 0 Å². The van der Waals surface area contributed by atoms with E-state index in [0.717, 1.165) is 0 Å². The molecule has 0 unspecified atom stereocenters. The second kappa shape index (κ2) is 5.11. The summed E-state index contributed by atoms with van der Waals surface area (Å²) in [5.74, 6) is 0.671. The Hall–Kier alpha value is -1.34. The lowest BCUT2D eigenvalue weighted by Gasteiger charge is -2.28. The summed E-state index contributed by atoms with van der Waals surface area (Å²) in [5, 5.41) is 2.64. The Morgan fingerprint density at radius 2 is 1.61 bits per heavy atom. The zero-order valence-corrected chi connectivity index (χ0v) is 10.8. The molecule has 0 saturated heterocycles. The highest BCUT2D eigenvalue weighted by atomic mass is 14.7. The fourth-order valence-corrected chi connectivity index (χ4v) is 3.29. The summed E-state index contributed by atoms with van der Waals surface area (Å²) in [6, 6.07) is 15.3. The molecule has 1 saturated carbocycles. The molecule has 0 amide bonds. The van der Waals surface area contributed by atoms with E-state index in [1.165, 1.54) is 48.4 Å². The molecule has 2 aromatic rings. The SMILES string of the molecule is N[C@H](c1cccc2ccccc12)C1CCCCC1. The number of nitrogens with two attached hydrogens (primary N) is 1. The molecule has 0 radical (unpaired) electrons. The van der Waals surface area contributed by atoms with E-state index in [9.17, 15) is 0 Å². The Labute approximate surface area is 109 Å². The van der Waals surface area contributed by atoms with Gasteiger partial charge in [-0.25, -0.2) is 0 Å². The van der Waals surface area contributed by atoms with Crippen LogP contribution in [-0.2, 0) is 0 Å². The van der Waals surface area contributed by atoms with Gasteiger partial charge in [-0.3, -0.25) is 0 Å². The van der Waals surface area contributed by atoms with Crippen LogP contribution in [0.25, 0.3) is 10.8 Å². The van der Waals surface area contributed by atoms with E-state index in [1.807, 2.05) is 0 Å². The van der Waals surface area contributed by atoms with Gasteiger partial charge in [-0.1, -0.05) is 61.7 Å². The number of hydrogen-bond donors (Lipinski definition) is 1. The molecule has 2 N–H and O–H groups in total. The zero-order chi connectivity index (χ0) is 12.4. The first kappa shape index (κ1) is 11.7. The van der Waals surface area contributed by atoms with E-state index in [0.29, 0.717) is 5.92 Å². The highest BCUT2D eigenvalue weighted by molar-refractivity contribution is 5.86. The Bertz CT molecular complexity index is 521. The van der Waals surface area contributed by atoms with Gasteiger partial charge >= 0.3 is 0 Å². The predicted molar refractivity (Wildman–Crippen MR) is 77.5 cm³/mol. The van der Waals surface area contributed by atoms with Crippen molar-refractivity contribution in [3.63, 3.8) is 0 Å². The van der Waals surface area contributed by atoms with E-state index >= 15 is 0 Å². The highest BCUT2D eigenvalue weighted by Crippen LogP contribution is 2.35. The van der Waals surface area contributed by atoms with Crippen LogP contribution in [0, 0.1) is 5.92 Å². The minimum absolute atomic E-state index is 0.205. The van der Waals surface area contributed by atoms with Crippen LogP contribution >= 0.6 is 0 Å². The Morgan fingerprint density at radius 1 is 0.889 bits per heavy atom. The van der Waals surface area contributed by atoms with Gasteiger partial charge in [0.2, 0.25) is 0 Å². The Balaban J connectivity index is 1.97. The van der Waals surface area contributed by atoms with Crippen molar-refractivity contribution in [1.82, 2.24) is 0 Å². The second-order valence-electron chi connectivity index (χ2n) is 5.49. The predicted octanol–water partition coefficient (Wildman–Crippen LogP) is 4.42. The van der Waals surface area contributed by atoms with Crippen molar-refractivity contribution >= 4 is 10.8 Å². The fourth-order valence-electron chi connectivity index (χ4n) is 3.29. The molecule has 0 aliphatic heterocycles. The molecule has 18 heavy (non-hydrogen) atoms. The average molecular weight is 239 g/mol. The van der Waals surface area contributed by atoms with Gasteiger partial charge in [0, 0.05) is 6.04 Å². The van der Waals surface area contributed by atoms with Gasteiger partial charge in [0.25, 0.3) is 0 Å². The first-order valence-corrected chi connectivity index (χ1v) is 7.09. The first-order chi connectivity index (χ1) is 8.86. The molecule has 1 heteroatoms. The van der Waals surface area contributed by atoms with Crippen LogP contribution in [0.5, 0.6) is 0 Å². The van der Waals surface area contributed by atoms with E-state index in [4.69, 9.17) is 5.73 Å². The lowest BCUT2D eigenvalue weighted by molar-refractivity contribution is 0.309. The van der Waals surface area contributed by atoms with Crippen molar-refractivity contribution < 1.29 is 0 Å². The number of benzene rings is 2. The molecular weight excluding hydrogens is 218 g/mol. The number of hydrogen-bond acceptors (Lipinski definition) is 1. The van der Waals surface area contributed by atoms with Crippen LogP contribution in [0.15, 0.2) is 42.5 Å². The Morgan fingerprint density at radius 3 is 2.44 bits per heavy atom. The smallest absolute Gasteiger partial charge is 0.0329 e. The summed E-state index contributed by atoms with van der Waals surface area (Å²) in [6.07, 6.45) is 6.68. The van der Waals surface area contributed by atoms with Gasteiger partial charge in [-0.2, -0.15) is 0 Å². The zero-order valence-electron chi connectivity index (χ0n) is 10.8. The van der Waals surface area contributed by atoms with E-state index in [1.54, 1.807) is 0 Å². The van der Waals surface area contributed by atoms with Crippen molar-refractivity contribution in [2.75, 3.05) is 0 Å². The molecule has 0 bridgehead atoms. The Kier molecular flexibility index (Phi) is 3.33. The molecule has 94 valence electrons. The van der Waals surface area contributed by atoms with E-state index < -0.39 is 0 Å². The minimum atomic E-state index is 0.205. The standard InChI is InChI=1S/C17H21N/c18-17(14-8-2-1-3-9-14)16-12-6-10-13-7-4-5-11-15(13)16/h4-7,10-12,14,17H,1-3,8-9,18H2/t17-/m0/s1. The maximum atomic E-state index is 6.54. The molecule has 1 nitrogen and oxygen atoms in total. The summed E-state index contributed by atoms with van der Waals surface area (Å²) in [4.78, 5) is 0. The maximum absolute atomic E-state index is 6.54. The van der Waals surface area contributed by atoms with Crippen LogP contribution in [0.2, 0.25) is 0 Å². The molecule has 0 aromatic heterocycles. The van der Waals surface area contributed by atoms with Gasteiger partial charge in [-0.15, -0.1) is 0 Å². The summed E-state index contributed by atoms with van der Waals surface area (Å²) in [6.45, 7) is 0. The van der Waals surface area contributed by atoms with Crippen LogP contribution in [0.4, 0.5) is 0 Å². The summed E-state index contributed by atoms with van der Waals surface area (Å²) >= 11 is 0. The molecule has 0 spiro atoms. The largest absolute Gasteiger partial charge is 0.324 e. The normalized spacial score (nSPS) is 18.9. The summed E-state index contributed by atoms with van der Waals surface area (Å²) in [7, 11) is 0. The molecule has 3 rings (SSSR count). The van der Waals surface area contributed by atoms with Gasteiger partial charge in [0.1, 0.15) is 0 Å². The van der Waals surface area contributed by atoms with Crippen molar-refractivity contribution in [2.24, 2.45) is 11.7 Å². The maximum Gasteiger partial charge on any atom is 0.0329 e. The van der Waals surface area contributed by atoms with Crippen molar-refractivity contribution in [3.05, 3.63) is 48.0 Å². The molecule has 1 aliphatic carbocycles. The van der Waals surface area contributed by atoms with Crippen LogP contribution < -0.4 is 5.73 Å². The molecule has 1 fully saturated rings. The third-order valence-corrected chi connectivity index (χ3v) is 4.34. The van der Waals surface area contributed by atoms with Gasteiger partial charge < -0.3 is 5.73 Å². The lowest BCUT2D eigenvalue weighted by atomic mass is 9.80. The minimum Gasteiger partial charge on any atom is -0.324 e. The summed E-state index contributed by atoms with van der Waals surface area (Å²) in [5.41, 5.74) is 7.87. The lowest BCUT2D eigenvalue weighted by Crippen LogP contribution is -2.23. The number of rotatable bonds is 2. The van der Waals surface area contributed by atoms with Gasteiger partial charge in [-0.05, 0) is 35.1 Å². The monoisotopic (exact) mass is 239 g/mol. The fraction of sp³-hybridized carbons (Fsp3) is 0.412. The molecule has 1 aliphatic rings. The van der Waals surface area contributed by atoms with Gasteiger partial charge in [0.15, 0.2) is 0 Å². The third kappa shape index (κ3) is 2.15. The topological polar surface area (TPSA) is 26.0 Å². The first-order valence-electron chi connectivity index (χ1n) is 7.09. The molecular formula is C17H21N. The van der Waals surface area contributed by atoms with Crippen LogP contribution in [0.1, 0.15) is 43.7 Å².